The Labute approximate surface area is 125 Å². The van der Waals surface area contributed by atoms with Gasteiger partial charge in [-0.05, 0) is 46.6 Å². The monoisotopic (exact) mass is 307 g/mol. The first-order chi connectivity index (χ1) is 9.69. The Morgan fingerprint density at radius 2 is 1.57 bits per heavy atom. The first-order valence-corrected chi connectivity index (χ1v) is 7.93. The Bertz CT molecular complexity index is 339. The number of nitrogens with zero attached hydrogens (tertiary/aromatic N) is 2. The molecule has 0 aromatic heterocycles. The fraction of sp³-hybridized carbons (Fsp3) is 1.00. The molecule has 3 nitrogen and oxygen atoms in total. The minimum atomic E-state index is -4.05. The number of piperazine rings is 1. The van der Waals surface area contributed by atoms with Gasteiger partial charge in [0, 0.05) is 37.3 Å². The second-order valence-corrected chi connectivity index (χ2v) is 7.01. The molecule has 1 saturated heterocycles. The lowest BCUT2D eigenvalue weighted by Crippen LogP contribution is -2.65. The zero-order chi connectivity index (χ0) is 15.8. The molecule has 0 radical (unpaired) electrons. The Morgan fingerprint density at radius 1 is 1.10 bits per heavy atom. The van der Waals surface area contributed by atoms with E-state index in [0.717, 1.165) is 13.1 Å². The van der Waals surface area contributed by atoms with E-state index in [-0.39, 0.29) is 18.4 Å². The molecule has 2 N–H and O–H groups in total. The number of rotatable bonds is 2. The van der Waals surface area contributed by atoms with Crippen LogP contribution in [0.1, 0.15) is 39.5 Å². The van der Waals surface area contributed by atoms with Crippen LogP contribution in [0.15, 0.2) is 0 Å². The topological polar surface area (TPSA) is 32.5 Å². The molecule has 0 bridgehead atoms. The molecule has 2 atom stereocenters. The molecule has 0 amide bonds. The molecule has 0 aromatic rings. The Morgan fingerprint density at radius 3 is 1.95 bits per heavy atom. The van der Waals surface area contributed by atoms with Gasteiger partial charge in [-0.25, -0.2) is 0 Å². The molecular formula is C15H28F3N3. The predicted octanol–water partition coefficient (Wildman–Crippen LogP) is 2.46. The summed E-state index contributed by atoms with van der Waals surface area (Å²) in [5.74, 6) is -1.14. The van der Waals surface area contributed by atoms with Gasteiger partial charge in [0.15, 0.2) is 0 Å². The minimum Gasteiger partial charge on any atom is -0.329 e. The zero-order valence-corrected chi connectivity index (χ0v) is 13.3. The summed E-state index contributed by atoms with van der Waals surface area (Å²) in [4.78, 5) is 4.71. The molecule has 2 unspecified atom stereocenters. The number of hydrogen-bond donors (Lipinski definition) is 1. The van der Waals surface area contributed by atoms with E-state index in [9.17, 15) is 13.2 Å². The van der Waals surface area contributed by atoms with Crippen molar-refractivity contribution in [2.24, 2.45) is 11.7 Å². The lowest BCUT2D eigenvalue weighted by Gasteiger charge is -2.53. The summed E-state index contributed by atoms with van der Waals surface area (Å²) in [5.41, 5.74) is 5.78. The van der Waals surface area contributed by atoms with E-state index < -0.39 is 12.1 Å². The fourth-order valence-electron chi connectivity index (χ4n) is 3.92. The molecule has 0 spiro atoms. The van der Waals surface area contributed by atoms with Gasteiger partial charge >= 0.3 is 6.18 Å². The van der Waals surface area contributed by atoms with Crippen molar-refractivity contribution in [2.45, 2.75) is 63.3 Å². The Balaban J connectivity index is 2.06. The highest BCUT2D eigenvalue weighted by atomic mass is 19.4. The van der Waals surface area contributed by atoms with Gasteiger partial charge in [0.25, 0.3) is 0 Å². The number of hydrogen-bond acceptors (Lipinski definition) is 3. The first kappa shape index (κ1) is 17.0. The lowest BCUT2D eigenvalue weighted by atomic mass is 9.74. The van der Waals surface area contributed by atoms with Gasteiger partial charge in [-0.15, -0.1) is 0 Å². The SMILES string of the molecule is CC1CN(C2(CN)CCC(C(F)(F)F)CC2)CC(C)N1C. The highest BCUT2D eigenvalue weighted by Crippen LogP contribution is 2.43. The second-order valence-electron chi connectivity index (χ2n) is 7.01. The predicted molar refractivity (Wildman–Crippen MR) is 78.1 cm³/mol. The maximum atomic E-state index is 12.9. The summed E-state index contributed by atoms with van der Waals surface area (Å²) in [6, 6.07) is 0.829. The van der Waals surface area contributed by atoms with Crippen LogP contribution in [0.2, 0.25) is 0 Å². The summed E-state index contributed by atoms with van der Waals surface area (Å²) >= 11 is 0. The lowest BCUT2D eigenvalue weighted by molar-refractivity contribution is -0.189. The van der Waals surface area contributed by atoms with E-state index in [2.05, 4.69) is 30.7 Å². The number of halogens is 3. The van der Waals surface area contributed by atoms with Gasteiger partial charge in [0.05, 0.1) is 5.92 Å². The van der Waals surface area contributed by atoms with Crippen molar-refractivity contribution in [3.63, 3.8) is 0 Å². The summed E-state index contributed by atoms with van der Waals surface area (Å²) in [5, 5.41) is 0. The third-order valence-electron chi connectivity index (χ3n) is 5.79. The van der Waals surface area contributed by atoms with Crippen molar-refractivity contribution in [3.05, 3.63) is 0 Å². The summed E-state index contributed by atoms with van der Waals surface area (Å²) < 4.78 is 38.6. The van der Waals surface area contributed by atoms with Crippen LogP contribution in [-0.4, -0.2) is 60.3 Å². The summed E-state index contributed by atoms with van der Waals surface area (Å²) in [6.07, 6.45) is -2.48. The smallest absolute Gasteiger partial charge is 0.329 e. The molecule has 6 heteroatoms. The average molecular weight is 307 g/mol. The molecular weight excluding hydrogens is 279 g/mol. The van der Waals surface area contributed by atoms with Gasteiger partial charge in [0.1, 0.15) is 0 Å². The van der Waals surface area contributed by atoms with Crippen molar-refractivity contribution in [1.29, 1.82) is 0 Å². The molecule has 124 valence electrons. The first-order valence-electron chi connectivity index (χ1n) is 7.93. The molecule has 1 aliphatic carbocycles. The van der Waals surface area contributed by atoms with Gasteiger partial charge in [0.2, 0.25) is 0 Å². The molecule has 2 rings (SSSR count). The fourth-order valence-corrected chi connectivity index (χ4v) is 3.92. The van der Waals surface area contributed by atoms with Crippen LogP contribution < -0.4 is 5.73 Å². The maximum Gasteiger partial charge on any atom is 0.391 e. The van der Waals surface area contributed by atoms with Crippen molar-refractivity contribution in [3.8, 4) is 0 Å². The van der Waals surface area contributed by atoms with Crippen LogP contribution in [0.5, 0.6) is 0 Å². The van der Waals surface area contributed by atoms with Gasteiger partial charge < -0.3 is 5.73 Å². The van der Waals surface area contributed by atoms with Gasteiger partial charge in [-0.3, -0.25) is 9.80 Å². The van der Waals surface area contributed by atoms with Crippen molar-refractivity contribution in [2.75, 3.05) is 26.7 Å². The number of alkyl halides is 3. The Hall–Kier alpha value is -0.330. The second kappa shape index (κ2) is 6.05. The van der Waals surface area contributed by atoms with Crippen molar-refractivity contribution in [1.82, 2.24) is 9.80 Å². The largest absolute Gasteiger partial charge is 0.391 e. The van der Waals surface area contributed by atoms with Crippen LogP contribution in [-0.2, 0) is 0 Å². The van der Waals surface area contributed by atoms with Crippen LogP contribution in [0.4, 0.5) is 13.2 Å². The molecule has 1 saturated carbocycles. The standard InChI is InChI=1S/C15H28F3N3/c1-11-8-21(9-12(2)20(11)3)14(10-19)6-4-13(5-7-14)15(16,17)18/h11-13H,4-10,19H2,1-3H3. The number of likely N-dealkylation sites (N-methyl/N-ethyl adjacent to an activating group) is 1. The van der Waals surface area contributed by atoms with Crippen LogP contribution in [0, 0.1) is 5.92 Å². The Kier molecular flexibility index (Phi) is 4.90. The van der Waals surface area contributed by atoms with Crippen LogP contribution >= 0.6 is 0 Å². The van der Waals surface area contributed by atoms with Crippen LogP contribution in [0.25, 0.3) is 0 Å². The third-order valence-corrected chi connectivity index (χ3v) is 5.79. The zero-order valence-electron chi connectivity index (χ0n) is 13.3. The summed E-state index contributed by atoms with van der Waals surface area (Å²) in [7, 11) is 2.11. The van der Waals surface area contributed by atoms with E-state index in [1.54, 1.807) is 0 Å². The molecule has 0 aromatic carbocycles. The third kappa shape index (κ3) is 3.37. The van der Waals surface area contributed by atoms with E-state index in [4.69, 9.17) is 5.73 Å². The number of nitrogens with two attached hydrogens (primary N) is 1. The van der Waals surface area contributed by atoms with E-state index in [1.807, 2.05) is 0 Å². The average Bonchev–Trinajstić information content (AvgIpc) is 2.43. The highest BCUT2D eigenvalue weighted by Gasteiger charge is 2.48. The van der Waals surface area contributed by atoms with Crippen molar-refractivity contribution < 1.29 is 13.2 Å². The van der Waals surface area contributed by atoms with E-state index in [0.29, 0.717) is 31.5 Å². The molecule has 2 fully saturated rings. The molecule has 1 heterocycles. The molecule has 2 aliphatic rings. The van der Waals surface area contributed by atoms with Crippen LogP contribution in [0.3, 0.4) is 0 Å². The molecule has 1 aliphatic heterocycles. The normalized spacial score (nSPS) is 40.4. The maximum absolute atomic E-state index is 12.9. The van der Waals surface area contributed by atoms with Crippen molar-refractivity contribution >= 4 is 0 Å². The quantitative estimate of drug-likeness (QED) is 0.850. The van der Waals surface area contributed by atoms with E-state index in [1.165, 1.54) is 0 Å². The van der Waals surface area contributed by atoms with E-state index >= 15 is 0 Å². The summed E-state index contributed by atoms with van der Waals surface area (Å²) in [6.45, 7) is 6.60. The van der Waals surface area contributed by atoms with Gasteiger partial charge in [-0.2, -0.15) is 13.2 Å². The highest BCUT2D eigenvalue weighted by molar-refractivity contribution is 5.00. The van der Waals surface area contributed by atoms with Gasteiger partial charge in [-0.1, -0.05) is 0 Å². The minimum absolute atomic E-state index is 0.218. The molecule has 21 heavy (non-hydrogen) atoms.